The van der Waals surface area contributed by atoms with Gasteiger partial charge in [0.25, 0.3) is 0 Å². The first kappa shape index (κ1) is 32.9. The lowest BCUT2D eigenvalue weighted by Crippen LogP contribution is -2.47. The predicted octanol–water partition coefficient (Wildman–Crippen LogP) is 1.23. The van der Waals surface area contributed by atoms with E-state index in [4.69, 9.17) is 0 Å². The minimum Gasteiger partial charge on any atom is -0.342 e. The van der Waals surface area contributed by atoms with Crippen LogP contribution in [0.15, 0.2) is 29.2 Å². The zero-order chi connectivity index (χ0) is 29.3. The van der Waals surface area contributed by atoms with E-state index >= 15 is 0 Å². The molecule has 12 heteroatoms. The van der Waals surface area contributed by atoms with Crippen molar-refractivity contribution in [2.45, 2.75) is 50.5 Å². The van der Waals surface area contributed by atoms with Crippen LogP contribution in [0.25, 0.3) is 0 Å². The van der Waals surface area contributed by atoms with Crippen LogP contribution in [0.1, 0.15) is 38.7 Å². The quantitative estimate of drug-likeness (QED) is 0.295. The average molecular weight is 600 g/mol. The van der Waals surface area contributed by atoms with Gasteiger partial charge in [-0.1, -0.05) is 19.1 Å². The maximum absolute atomic E-state index is 13.0. The summed E-state index contributed by atoms with van der Waals surface area (Å²) >= 11 is 0. The van der Waals surface area contributed by atoms with Crippen molar-refractivity contribution in [3.05, 3.63) is 29.8 Å². The first-order chi connectivity index (χ1) is 18.9. The number of nitrogens with zero attached hydrogens (tertiary/aromatic N) is 5. The van der Waals surface area contributed by atoms with Crippen LogP contribution in [0.5, 0.6) is 0 Å². The molecule has 3 rings (SSSR count). The van der Waals surface area contributed by atoms with Crippen LogP contribution in [-0.4, -0.2) is 144 Å². The van der Waals surface area contributed by atoms with E-state index in [2.05, 4.69) is 35.6 Å². The number of rotatable bonds is 14. The van der Waals surface area contributed by atoms with Crippen LogP contribution in [-0.2, 0) is 31.1 Å². The third kappa shape index (κ3) is 10.1. The van der Waals surface area contributed by atoms with Gasteiger partial charge in [-0.15, -0.1) is 0 Å². The number of piperazine rings is 1. The van der Waals surface area contributed by atoms with Crippen molar-refractivity contribution in [1.82, 2.24) is 23.9 Å². The van der Waals surface area contributed by atoms with Crippen LogP contribution < -0.4 is 0 Å². The van der Waals surface area contributed by atoms with Gasteiger partial charge < -0.3 is 14.7 Å². The zero-order valence-electron chi connectivity index (χ0n) is 24.8. The Kier molecular flexibility index (Phi) is 12.4. The molecule has 2 heterocycles. The fraction of sp³-hybridized carbons (Fsp3) is 0.750. The average Bonchev–Trinajstić information content (AvgIpc) is 3.09. The molecule has 0 N–H and O–H groups in total. The number of unbranched alkanes of at least 4 members (excludes halogenated alkanes) is 1. The van der Waals surface area contributed by atoms with E-state index in [0.29, 0.717) is 43.5 Å². The summed E-state index contributed by atoms with van der Waals surface area (Å²) in [7, 11) is -4.58. The van der Waals surface area contributed by atoms with Gasteiger partial charge in [0.2, 0.25) is 15.9 Å². The van der Waals surface area contributed by atoms with Crippen molar-refractivity contribution in [1.29, 1.82) is 0 Å². The van der Waals surface area contributed by atoms with Gasteiger partial charge in [0, 0.05) is 64.7 Å². The van der Waals surface area contributed by atoms with E-state index in [1.165, 1.54) is 10.6 Å². The molecule has 0 bridgehead atoms. The van der Waals surface area contributed by atoms with Gasteiger partial charge in [0.1, 0.15) is 0 Å². The van der Waals surface area contributed by atoms with Gasteiger partial charge in [-0.25, -0.2) is 16.8 Å². The summed E-state index contributed by atoms with van der Waals surface area (Å²) in [5.74, 6) is -0.0319. The lowest BCUT2D eigenvalue weighted by molar-refractivity contribution is -0.130. The van der Waals surface area contributed by atoms with Crippen LogP contribution >= 0.6 is 0 Å². The van der Waals surface area contributed by atoms with Gasteiger partial charge in [0.05, 0.1) is 17.2 Å². The summed E-state index contributed by atoms with van der Waals surface area (Å²) < 4.78 is 50.8. The molecular weight excluding hydrogens is 550 g/mol. The van der Waals surface area contributed by atoms with Crippen molar-refractivity contribution >= 4 is 25.8 Å². The molecule has 0 aromatic heterocycles. The Morgan fingerprint density at radius 3 is 2.23 bits per heavy atom. The highest BCUT2D eigenvalue weighted by atomic mass is 32.2. The molecule has 2 aliphatic rings. The molecule has 1 unspecified atom stereocenters. The van der Waals surface area contributed by atoms with E-state index in [-0.39, 0.29) is 18.2 Å². The van der Waals surface area contributed by atoms with E-state index < -0.39 is 19.9 Å². The van der Waals surface area contributed by atoms with Crippen molar-refractivity contribution in [3.63, 3.8) is 0 Å². The van der Waals surface area contributed by atoms with Gasteiger partial charge in [0.15, 0.2) is 9.84 Å². The van der Waals surface area contributed by atoms with Crippen molar-refractivity contribution < 1.29 is 21.6 Å². The molecule has 1 atom stereocenters. The molecule has 1 aromatic rings. The van der Waals surface area contributed by atoms with Gasteiger partial charge >= 0.3 is 0 Å². The molecule has 2 fully saturated rings. The lowest BCUT2D eigenvalue weighted by atomic mass is 10.1. The third-order valence-electron chi connectivity index (χ3n) is 8.19. The molecule has 0 aliphatic carbocycles. The maximum atomic E-state index is 13.0. The minimum atomic E-state index is -3.47. The van der Waals surface area contributed by atoms with Crippen LogP contribution in [0, 0.1) is 0 Å². The van der Waals surface area contributed by atoms with Crippen LogP contribution in [0.3, 0.4) is 0 Å². The van der Waals surface area contributed by atoms with Crippen LogP contribution in [0.2, 0.25) is 0 Å². The van der Waals surface area contributed by atoms with Crippen molar-refractivity contribution in [2.24, 2.45) is 0 Å². The predicted molar refractivity (Wildman–Crippen MR) is 160 cm³/mol. The number of sulfone groups is 1. The normalized spacial score (nSPS) is 19.7. The van der Waals surface area contributed by atoms with E-state index in [1.807, 2.05) is 17.0 Å². The third-order valence-corrected chi connectivity index (χ3v) is 11.1. The second-order valence-electron chi connectivity index (χ2n) is 11.3. The molecule has 1 amide bonds. The maximum Gasteiger partial charge on any atom is 0.237 e. The number of hydrogen-bond donors (Lipinski definition) is 0. The smallest absolute Gasteiger partial charge is 0.237 e. The van der Waals surface area contributed by atoms with Gasteiger partial charge in [-0.3, -0.25) is 9.69 Å². The van der Waals surface area contributed by atoms with Gasteiger partial charge in [-0.05, 0) is 70.4 Å². The molecule has 0 radical (unpaired) electrons. The number of carbonyl (C=O) groups is 1. The van der Waals surface area contributed by atoms with E-state index in [0.717, 1.165) is 64.1 Å². The summed E-state index contributed by atoms with van der Waals surface area (Å²) in [6.07, 6.45) is 4.53. The van der Waals surface area contributed by atoms with Crippen molar-refractivity contribution in [2.75, 3.05) is 91.0 Å². The first-order valence-electron chi connectivity index (χ1n) is 14.6. The van der Waals surface area contributed by atoms with Gasteiger partial charge in [-0.2, -0.15) is 4.31 Å². The highest BCUT2D eigenvalue weighted by Crippen LogP contribution is 2.15. The topological polar surface area (TPSA) is 102 Å². The Morgan fingerprint density at radius 2 is 1.60 bits per heavy atom. The Balaban J connectivity index is 1.40. The molecule has 0 saturated carbocycles. The lowest BCUT2D eigenvalue weighted by Gasteiger charge is -2.32. The van der Waals surface area contributed by atoms with Crippen LogP contribution in [0.4, 0.5) is 0 Å². The second kappa shape index (κ2) is 15.1. The summed E-state index contributed by atoms with van der Waals surface area (Å²) in [5, 5.41) is 0. The number of carbonyl (C=O) groups excluding carboxylic acids is 1. The second-order valence-corrected chi connectivity index (χ2v) is 15.4. The highest BCUT2D eigenvalue weighted by molar-refractivity contribution is 7.90. The zero-order valence-corrected chi connectivity index (χ0v) is 26.4. The van der Waals surface area contributed by atoms with E-state index in [1.54, 1.807) is 12.1 Å². The summed E-state index contributed by atoms with van der Waals surface area (Å²) in [6.45, 7) is 11.9. The molecule has 40 heavy (non-hydrogen) atoms. The largest absolute Gasteiger partial charge is 0.342 e. The number of sulfonamides is 1. The molecule has 0 spiro atoms. The summed E-state index contributed by atoms with van der Waals surface area (Å²) in [5.41, 5.74) is 1.11. The number of benzene rings is 1. The fourth-order valence-electron chi connectivity index (χ4n) is 5.46. The molecule has 2 aliphatic heterocycles. The first-order valence-corrected chi connectivity index (χ1v) is 18.1. The molecular formula is C28H49N5O5S2. The Hall–Kier alpha value is -1.57. The number of likely N-dealkylation sites (N-methyl/N-ethyl adjacent to an activating group) is 2. The summed E-state index contributed by atoms with van der Waals surface area (Å²) in [4.78, 5) is 22.0. The monoisotopic (exact) mass is 599 g/mol. The fourth-order valence-corrected chi connectivity index (χ4v) is 7.55. The minimum absolute atomic E-state index is 0.0543. The number of hydrogen-bond acceptors (Lipinski definition) is 8. The molecule has 10 nitrogen and oxygen atoms in total. The molecule has 228 valence electrons. The Morgan fingerprint density at radius 1 is 0.925 bits per heavy atom. The molecule has 1 aromatic carbocycles. The standard InChI is InChI=1S/C28H49N5O5S2/c1-5-31(25(2)23-26-9-11-27(12-10-26)39(4,35)36)13-6-7-14-32-15-8-16-33(24-28(32)34)40(37,38)22-21-30-19-17-29(3)18-20-30/h9-12,25H,5-8,13-24H2,1-4H3. The Bertz CT molecular complexity index is 1150. The summed E-state index contributed by atoms with van der Waals surface area (Å²) in [6, 6.07) is 7.43. The Labute approximate surface area is 242 Å². The SMILES string of the molecule is CCN(CCCCN1CCCN(S(=O)(=O)CCN2CCN(C)CC2)CC1=O)C(C)Cc1ccc(S(C)(=O)=O)cc1. The number of amides is 1. The molecule has 2 saturated heterocycles. The van der Waals surface area contributed by atoms with Crippen molar-refractivity contribution in [3.8, 4) is 0 Å². The highest BCUT2D eigenvalue weighted by Gasteiger charge is 2.30. The van der Waals surface area contributed by atoms with E-state index in [9.17, 15) is 21.6 Å².